The quantitative estimate of drug-likeness (QED) is 0.473. The van der Waals surface area contributed by atoms with Crippen molar-refractivity contribution < 1.29 is 4.79 Å². The predicted octanol–water partition coefficient (Wildman–Crippen LogP) is 3.12. The van der Waals surface area contributed by atoms with Crippen molar-refractivity contribution in [2.24, 2.45) is 0 Å². The number of thioether (sulfide) groups is 1. The topological polar surface area (TPSA) is 85.6 Å². The molecular formula is C19H16N6OS2. The molecule has 28 heavy (non-hydrogen) atoms. The first kappa shape index (κ1) is 18.3. The van der Waals surface area contributed by atoms with E-state index in [2.05, 4.69) is 25.8 Å². The van der Waals surface area contributed by atoms with Crippen LogP contribution in [0, 0.1) is 0 Å². The maximum absolute atomic E-state index is 12.6. The Labute approximate surface area is 169 Å². The first-order valence-corrected chi connectivity index (χ1v) is 10.4. The lowest BCUT2D eigenvalue weighted by atomic mass is 10.1. The molecule has 9 heteroatoms. The highest BCUT2D eigenvalue weighted by atomic mass is 32.2. The van der Waals surface area contributed by atoms with Gasteiger partial charge in [-0.1, -0.05) is 60.3 Å². The minimum atomic E-state index is -0.278. The van der Waals surface area contributed by atoms with Gasteiger partial charge in [-0.2, -0.15) is 4.68 Å². The van der Waals surface area contributed by atoms with Gasteiger partial charge >= 0.3 is 0 Å². The molecule has 2 heterocycles. The molecule has 1 unspecified atom stereocenters. The van der Waals surface area contributed by atoms with E-state index in [0.29, 0.717) is 5.16 Å². The number of benzene rings is 2. The lowest BCUT2D eigenvalue weighted by Crippen LogP contribution is -2.30. The van der Waals surface area contributed by atoms with E-state index in [4.69, 9.17) is 0 Å². The third-order valence-electron chi connectivity index (χ3n) is 3.91. The van der Waals surface area contributed by atoms with Crippen molar-refractivity contribution in [2.45, 2.75) is 11.2 Å². The van der Waals surface area contributed by atoms with Gasteiger partial charge in [0.15, 0.2) is 0 Å². The van der Waals surface area contributed by atoms with Crippen molar-refractivity contribution >= 4 is 29.0 Å². The van der Waals surface area contributed by atoms with E-state index >= 15 is 0 Å². The molecule has 2 aromatic carbocycles. The zero-order valence-corrected chi connectivity index (χ0v) is 16.3. The van der Waals surface area contributed by atoms with Crippen LogP contribution in [0.25, 0.3) is 5.69 Å². The van der Waals surface area contributed by atoms with Crippen LogP contribution in [0.4, 0.5) is 0 Å². The van der Waals surface area contributed by atoms with Crippen LogP contribution < -0.4 is 5.32 Å². The smallest absolute Gasteiger partial charge is 0.231 e. The van der Waals surface area contributed by atoms with E-state index in [0.717, 1.165) is 16.3 Å². The number of nitrogens with zero attached hydrogens (tertiary/aromatic N) is 5. The maximum atomic E-state index is 12.6. The van der Waals surface area contributed by atoms with Gasteiger partial charge in [-0.3, -0.25) is 4.79 Å². The van der Waals surface area contributed by atoms with Crippen LogP contribution in [0.3, 0.4) is 0 Å². The Balaban J connectivity index is 1.45. The van der Waals surface area contributed by atoms with Gasteiger partial charge in [-0.25, -0.2) is 4.98 Å². The molecule has 0 aliphatic heterocycles. The Hall–Kier alpha value is -3.04. The zero-order valence-electron chi connectivity index (χ0n) is 14.7. The summed E-state index contributed by atoms with van der Waals surface area (Å²) in [7, 11) is 0. The van der Waals surface area contributed by atoms with E-state index in [9.17, 15) is 4.79 Å². The van der Waals surface area contributed by atoms with Crippen LogP contribution in [-0.4, -0.2) is 36.9 Å². The summed E-state index contributed by atoms with van der Waals surface area (Å²) in [5.41, 5.74) is 1.84. The number of hydrogen-bond acceptors (Lipinski definition) is 7. The van der Waals surface area contributed by atoms with E-state index in [1.807, 2.05) is 66.0 Å². The number of carbonyl (C=O) groups is 1. The van der Waals surface area contributed by atoms with Crippen LogP contribution in [0.2, 0.25) is 0 Å². The fourth-order valence-corrected chi connectivity index (χ4v) is 4.06. The summed E-state index contributed by atoms with van der Waals surface area (Å²) in [6.45, 7) is 0. The predicted molar refractivity (Wildman–Crippen MR) is 108 cm³/mol. The summed E-state index contributed by atoms with van der Waals surface area (Å²) in [5.74, 6) is 0.0821. The summed E-state index contributed by atoms with van der Waals surface area (Å²) >= 11 is 2.80. The van der Waals surface area contributed by atoms with Crippen molar-refractivity contribution in [1.29, 1.82) is 0 Å². The molecule has 0 bridgehead atoms. The summed E-state index contributed by atoms with van der Waals surface area (Å²) in [4.78, 5) is 17.0. The number of carbonyl (C=O) groups excluding carboxylic acids is 1. The van der Waals surface area contributed by atoms with Crippen LogP contribution in [0.5, 0.6) is 0 Å². The van der Waals surface area contributed by atoms with E-state index in [1.54, 1.807) is 10.9 Å². The van der Waals surface area contributed by atoms with Gasteiger partial charge in [0.1, 0.15) is 11.0 Å². The number of nitrogens with one attached hydrogen (secondary N) is 1. The van der Waals surface area contributed by atoms with Gasteiger partial charge in [-0.05, 0) is 28.1 Å². The van der Waals surface area contributed by atoms with Gasteiger partial charge in [0.05, 0.1) is 11.4 Å². The average Bonchev–Trinajstić information content (AvgIpc) is 3.44. The van der Waals surface area contributed by atoms with Gasteiger partial charge in [0, 0.05) is 11.6 Å². The molecule has 1 amide bonds. The minimum absolute atomic E-state index is 0.114. The number of aromatic nitrogens is 5. The largest absolute Gasteiger partial charge is 0.342 e. The second-order valence-electron chi connectivity index (χ2n) is 5.78. The fraction of sp³-hybridized carbons (Fsp3) is 0.105. The van der Waals surface area contributed by atoms with Gasteiger partial charge < -0.3 is 5.32 Å². The third kappa shape index (κ3) is 4.26. The second-order valence-corrected chi connectivity index (χ2v) is 7.65. The maximum Gasteiger partial charge on any atom is 0.231 e. The van der Waals surface area contributed by atoms with Crippen molar-refractivity contribution in [3.63, 3.8) is 0 Å². The molecule has 2 aromatic heterocycles. The minimum Gasteiger partial charge on any atom is -0.342 e. The Bertz CT molecular complexity index is 1020. The van der Waals surface area contributed by atoms with Crippen molar-refractivity contribution in [3.8, 4) is 5.69 Å². The highest BCUT2D eigenvalue weighted by Crippen LogP contribution is 2.24. The number of rotatable bonds is 7. The average molecular weight is 409 g/mol. The fourth-order valence-electron chi connectivity index (χ4n) is 2.64. The monoisotopic (exact) mass is 408 g/mol. The second kappa shape index (κ2) is 8.77. The molecular weight excluding hydrogens is 392 g/mol. The van der Waals surface area contributed by atoms with Crippen molar-refractivity contribution in [1.82, 2.24) is 30.5 Å². The highest BCUT2D eigenvalue weighted by molar-refractivity contribution is 7.99. The van der Waals surface area contributed by atoms with Crippen molar-refractivity contribution in [2.75, 3.05) is 5.75 Å². The summed E-state index contributed by atoms with van der Waals surface area (Å²) < 4.78 is 1.62. The Morgan fingerprint density at radius 3 is 2.57 bits per heavy atom. The Morgan fingerprint density at radius 2 is 1.86 bits per heavy atom. The molecule has 0 saturated carbocycles. The number of para-hydroxylation sites is 1. The standard InChI is InChI=1S/C19H16N6OS2/c26-16(13-28-19-22-23-24-25(19)15-9-5-2-6-10-15)21-17(18-20-11-12-27-18)14-7-3-1-4-8-14/h1-12,17H,13H2,(H,21,26). The molecule has 4 aromatic rings. The first-order valence-electron chi connectivity index (χ1n) is 8.51. The zero-order chi connectivity index (χ0) is 19.2. The summed E-state index contributed by atoms with van der Waals surface area (Å²) in [6, 6.07) is 19.1. The molecule has 0 spiro atoms. The molecule has 7 nitrogen and oxygen atoms in total. The van der Waals surface area contributed by atoms with Crippen molar-refractivity contribution in [3.05, 3.63) is 82.8 Å². The highest BCUT2D eigenvalue weighted by Gasteiger charge is 2.20. The Kier molecular flexibility index (Phi) is 5.74. The lowest BCUT2D eigenvalue weighted by Gasteiger charge is -2.17. The van der Waals surface area contributed by atoms with Gasteiger partial charge in [-0.15, -0.1) is 16.4 Å². The number of thiazole rings is 1. The summed E-state index contributed by atoms with van der Waals surface area (Å²) in [6.07, 6.45) is 1.74. The molecule has 0 saturated heterocycles. The Morgan fingerprint density at radius 1 is 1.11 bits per heavy atom. The van der Waals surface area contributed by atoms with E-state index in [-0.39, 0.29) is 17.7 Å². The van der Waals surface area contributed by atoms with Gasteiger partial charge in [0.25, 0.3) is 0 Å². The van der Waals surface area contributed by atoms with Crippen LogP contribution in [-0.2, 0) is 4.79 Å². The molecule has 1 N–H and O–H groups in total. The number of tetrazole rings is 1. The molecule has 0 aliphatic carbocycles. The molecule has 0 aliphatic rings. The molecule has 140 valence electrons. The molecule has 1 atom stereocenters. The normalized spacial score (nSPS) is 11.9. The lowest BCUT2D eigenvalue weighted by molar-refractivity contribution is -0.119. The molecule has 0 radical (unpaired) electrons. The van der Waals surface area contributed by atoms with E-state index in [1.165, 1.54) is 23.1 Å². The van der Waals surface area contributed by atoms with E-state index < -0.39 is 0 Å². The van der Waals surface area contributed by atoms with Crippen LogP contribution >= 0.6 is 23.1 Å². The van der Waals surface area contributed by atoms with Crippen LogP contribution in [0.1, 0.15) is 16.6 Å². The first-order chi connectivity index (χ1) is 13.8. The van der Waals surface area contributed by atoms with Crippen LogP contribution in [0.15, 0.2) is 77.4 Å². The molecule has 4 rings (SSSR count). The third-order valence-corrected chi connectivity index (χ3v) is 5.67. The number of amides is 1. The SMILES string of the molecule is O=C(CSc1nnnn1-c1ccccc1)NC(c1ccccc1)c1nccs1. The number of hydrogen-bond donors (Lipinski definition) is 1. The molecule has 0 fully saturated rings. The van der Waals surface area contributed by atoms with Gasteiger partial charge in [0.2, 0.25) is 11.1 Å². The summed E-state index contributed by atoms with van der Waals surface area (Å²) in [5, 5.41) is 18.1.